The van der Waals surface area contributed by atoms with E-state index in [1.54, 1.807) is 0 Å². The third-order valence-electron chi connectivity index (χ3n) is 6.53. The molecule has 0 aliphatic heterocycles. The van der Waals surface area contributed by atoms with Crippen LogP contribution in [0.15, 0.2) is 0 Å². The molecule has 0 saturated heterocycles. The van der Waals surface area contributed by atoms with Crippen LogP contribution in [0.25, 0.3) is 0 Å². The Morgan fingerprint density at radius 3 is 2.31 bits per heavy atom. The van der Waals surface area contributed by atoms with Crippen LogP contribution in [0.1, 0.15) is 77.6 Å². The molecule has 4 fully saturated rings. The normalized spacial score (nSPS) is 34.7. The maximum Gasteiger partial charge on any atom is 0.357 e. The molecule has 0 aromatic heterocycles. The van der Waals surface area contributed by atoms with Gasteiger partial charge in [0.25, 0.3) is 5.00 Å². The van der Waals surface area contributed by atoms with Gasteiger partial charge in [-0.1, -0.05) is 26.2 Å². The zero-order chi connectivity index (χ0) is 18.6. The first-order valence-corrected chi connectivity index (χ1v) is 10.7. The molecular formula is C19H30FO5S-. The molecule has 1 unspecified atom stereocenters. The molecule has 0 amide bonds. The second-order valence-electron chi connectivity index (χ2n) is 8.75. The second-order valence-corrected chi connectivity index (χ2v) is 9.70. The van der Waals surface area contributed by atoms with E-state index < -0.39 is 11.0 Å². The van der Waals surface area contributed by atoms with Crippen LogP contribution < -0.4 is 5.26 Å². The van der Waals surface area contributed by atoms with E-state index in [0.29, 0.717) is 6.42 Å². The topological polar surface area (TPSA) is 67.8 Å². The summed E-state index contributed by atoms with van der Waals surface area (Å²) in [6, 6.07) is 0. The highest BCUT2D eigenvalue weighted by molar-refractivity contribution is 7.96. The fourth-order valence-electron chi connectivity index (χ4n) is 5.82. The van der Waals surface area contributed by atoms with Gasteiger partial charge in [0.05, 0.1) is 18.6 Å². The number of carbonyl (C=O) groups excluding carboxylic acids is 1. The van der Waals surface area contributed by atoms with Crippen molar-refractivity contribution in [2.24, 2.45) is 23.2 Å². The summed E-state index contributed by atoms with van der Waals surface area (Å²) in [7, 11) is 0. The van der Waals surface area contributed by atoms with Crippen LogP contribution in [0.2, 0.25) is 0 Å². The smallest absolute Gasteiger partial charge is 0.357 e. The van der Waals surface area contributed by atoms with Gasteiger partial charge in [0.2, 0.25) is 0 Å². The van der Waals surface area contributed by atoms with Crippen molar-refractivity contribution in [3.63, 3.8) is 0 Å². The van der Waals surface area contributed by atoms with E-state index in [0.717, 1.165) is 56.3 Å². The highest BCUT2D eigenvalue weighted by Crippen LogP contribution is 2.60. The lowest BCUT2D eigenvalue weighted by molar-refractivity contribution is -0.777. The van der Waals surface area contributed by atoms with Gasteiger partial charge in [0.15, 0.2) is 0 Å². The predicted octanol–water partition coefficient (Wildman–Crippen LogP) is 4.25. The SMILES string of the molecule is CCCCCCC(F)(SOO[O-])C(=O)OCC12CC3CC(CC(C3)C1)C2. The van der Waals surface area contributed by atoms with E-state index in [1.807, 2.05) is 0 Å². The van der Waals surface area contributed by atoms with Gasteiger partial charge in [-0.25, -0.2) is 9.18 Å². The Balaban J connectivity index is 1.55. The largest absolute Gasteiger partial charge is 0.691 e. The van der Waals surface area contributed by atoms with Crippen molar-refractivity contribution in [1.29, 1.82) is 0 Å². The van der Waals surface area contributed by atoms with Crippen LogP contribution in [-0.4, -0.2) is 17.6 Å². The van der Waals surface area contributed by atoms with E-state index >= 15 is 4.39 Å². The van der Waals surface area contributed by atoms with E-state index in [9.17, 15) is 10.1 Å². The molecular weight excluding hydrogens is 359 g/mol. The Labute approximate surface area is 159 Å². The summed E-state index contributed by atoms with van der Waals surface area (Å²) in [6.45, 7) is 2.35. The lowest BCUT2D eigenvalue weighted by atomic mass is 9.50. The fraction of sp³-hybridized carbons (Fsp3) is 0.947. The summed E-state index contributed by atoms with van der Waals surface area (Å²) in [6.07, 6.45) is 10.5. The minimum absolute atomic E-state index is 0.0358. The van der Waals surface area contributed by atoms with Gasteiger partial charge in [-0.2, -0.15) is 4.33 Å². The van der Waals surface area contributed by atoms with Gasteiger partial charge in [0, 0.05) is 11.8 Å². The van der Waals surface area contributed by atoms with Crippen molar-refractivity contribution in [3.05, 3.63) is 0 Å². The van der Waals surface area contributed by atoms with Crippen molar-refractivity contribution in [2.45, 2.75) is 82.6 Å². The maximum atomic E-state index is 15.1. The molecule has 4 rings (SSSR count). The Morgan fingerprint density at radius 2 is 1.77 bits per heavy atom. The first-order valence-electron chi connectivity index (χ1n) is 9.99. The number of hydrogen-bond acceptors (Lipinski definition) is 6. The van der Waals surface area contributed by atoms with Crippen LogP contribution in [0, 0.1) is 23.2 Å². The van der Waals surface area contributed by atoms with Crippen LogP contribution >= 0.6 is 12.0 Å². The molecule has 4 aliphatic rings. The van der Waals surface area contributed by atoms with Crippen LogP contribution in [0.5, 0.6) is 0 Å². The minimum Gasteiger partial charge on any atom is -0.691 e. The summed E-state index contributed by atoms with van der Waals surface area (Å²) in [5.41, 5.74) is 0.0358. The first-order chi connectivity index (χ1) is 12.5. The summed E-state index contributed by atoms with van der Waals surface area (Å²) >= 11 is 0.131. The van der Waals surface area contributed by atoms with E-state index in [1.165, 1.54) is 19.3 Å². The lowest BCUT2D eigenvalue weighted by Gasteiger charge is -2.56. The highest BCUT2D eigenvalue weighted by Gasteiger charge is 2.52. The number of carbonyl (C=O) groups is 1. The van der Waals surface area contributed by atoms with Gasteiger partial charge in [-0.3, -0.25) is 5.04 Å². The Kier molecular flexibility index (Phi) is 6.86. The lowest BCUT2D eigenvalue weighted by Crippen LogP contribution is -2.49. The molecule has 4 saturated carbocycles. The van der Waals surface area contributed by atoms with Gasteiger partial charge in [-0.05, 0) is 62.7 Å². The van der Waals surface area contributed by atoms with Crippen LogP contribution in [-0.2, 0) is 18.9 Å². The third-order valence-corrected chi connectivity index (χ3v) is 7.28. The molecule has 5 nitrogen and oxygen atoms in total. The maximum absolute atomic E-state index is 15.1. The fourth-order valence-corrected chi connectivity index (χ4v) is 6.31. The highest BCUT2D eigenvalue weighted by atomic mass is 32.2. The molecule has 0 aromatic carbocycles. The monoisotopic (exact) mass is 389 g/mol. The molecule has 1 atom stereocenters. The number of alkyl halides is 1. The number of rotatable bonds is 11. The molecule has 4 aliphatic carbocycles. The third kappa shape index (κ3) is 4.72. The second kappa shape index (κ2) is 8.76. The number of ether oxygens (including phenoxy) is 1. The number of esters is 1. The van der Waals surface area contributed by atoms with Crippen molar-refractivity contribution >= 4 is 18.0 Å². The Hall–Kier alpha value is -0.370. The van der Waals surface area contributed by atoms with Crippen LogP contribution in [0.4, 0.5) is 4.39 Å². The molecule has 150 valence electrons. The summed E-state index contributed by atoms with van der Waals surface area (Å²) in [5, 5.41) is 11.0. The molecule has 26 heavy (non-hydrogen) atoms. The summed E-state index contributed by atoms with van der Waals surface area (Å²) < 4.78 is 24.7. The predicted molar refractivity (Wildman–Crippen MR) is 93.9 cm³/mol. The Morgan fingerprint density at radius 1 is 1.15 bits per heavy atom. The number of hydrogen-bond donors (Lipinski definition) is 0. The number of unbranched alkanes of at least 4 members (excludes halogenated alkanes) is 3. The molecule has 7 heteroatoms. The molecule has 4 bridgehead atoms. The zero-order valence-corrected chi connectivity index (χ0v) is 16.4. The van der Waals surface area contributed by atoms with Gasteiger partial charge >= 0.3 is 5.97 Å². The van der Waals surface area contributed by atoms with Gasteiger partial charge in [-0.15, -0.1) is 0 Å². The average Bonchev–Trinajstić information content (AvgIpc) is 2.60. The summed E-state index contributed by atoms with van der Waals surface area (Å²) in [5.74, 6) is 1.30. The minimum atomic E-state index is -2.39. The van der Waals surface area contributed by atoms with Gasteiger partial charge < -0.3 is 9.99 Å². The molecule has 0 aromatic rings. The Bertz CT molecular complexity index is 453. The quantitative estimate of drug-likeness (QED) is 0.173. The van der Waals surface area contributed by atoms with E-state index in [4.69, 9.17) is 4.74 Å². The zero-order valence-electron chi connectivity index (χ0n) is 15.5. The molecule has 0 heterocycles. The number of halogens is 1. The standard InChI is InChI=1S/C19H31FO5S/c1-2-3-4-5-6-19(20,26-25-24-22)17(21)23-13-18-10-14-7-15(11-18)9-16(8-14)12-18/h14-16,22H,2-13H2,1H3/p-1. The summed E-state index contributed by atoms with van der Waals surface area (Å²) in [4.78, 5) is 12.5. The van der Waals surface area contributed by atoms with Crippen molar-refractivity contribution in [3.8, 4) is 0 Å². The van der Waals surface area contributed by atoms with Crippen molar-refractivity contribution in [1.82, 2.24) is 0 Å². The van der Waals surface area contributed by atoms with Crippen molar-refractivity contribution in [2.75, 3.05) is 6.61 Å². The van der Waals surface area contributed by atoms with Crippen LogP contribution in [0.3, 0.4) is 0 Å². The first kappa shape index (κ1) is 20.4. The average molecular weight is 390 g/mol. The van der Waals surface area contributed by atoms with Crippen molar-refractivity contribution < 1.29 is 28.6 Å². The van der Waals surface area contributed by atoms with E-state index in [2.05, 4.69) is 16.3 Å². The van der Waals surface area contributed by atoms with Gasteiger partial charge in [0.1, 0.15) is 0 Å². The molecule has 0 spiro atoms. The van der Waals surface area contributed by atoms with E-state index in [-0.39, 0.29) is 30.5 Å². The molecule has 0 radical (unpaired) electrons. The molecule has 0 N–H and O–H groups in total.